The molecule has 21 heavy (non-hydrogen) atoms. The molecular weight excluding hydrogens is 288 g/mol. The molecule has 108 valence electrons. The molecule has 1 aromatic heterocycles. The summed E-state index contributed by atoms with van der Waals surface area (Å²) < 4.78 is 5.64. The number of aromatic nitrogens is 1. The first-order valence-corrected chi connectivity index (χ1v) is 7.15. The first kappa shape index (κ1) is 13.9. The molecule has 2 heterocycles. The summed E-state index contributed by atoms with van der Waals surface area (Å²) in [6.07, 6.45) is 2.24. The molecule has 1 N–H and O–H groups in total. The van der Waals surface area contributed by atoms with Gasteiger partial charge in [-0.15, -0.1) is 0 Å². The van der Waals surface area contributed by atoms with Crippen LogP contribution < -0.4 is 10.1 Å². The van der Waals surface area contributed by atoms with Gasteiger partial charge in [0.15, 0.2) is 0 Å². The number of hydrogen-bond acceptors (Lipinski definition) is 3. The maximum Gasteiger partial charge on any atom is 0.231 e. The van der Waals surface area contributed by atoms with Crippen molar-refractivity contribution in [2.45, 2.75) is 13.3 Å². The third kappa shape index (κ3) is 3.00. The van der Waals surface area contributed by atoms with E-state index in [0.717, 1.165) is 16.9 Å². The number of para-hydroxylation sites is 1. The summed E-state index contributed by atoms with van der Waals surface area (Å²) in [5.74, 6) is 0.606. The Balaban J connectivity index is 1.70. The molecule has 0 saturated heterocycles. The van der Waals surface area contributed by atoms with Gasteiger partial charge in [0.05, 0.1) is 17.8 Å². The molecule has 1 aromatic carbocycles. The van der Waals surface area contributed by atoms with Gasteiger partial charge in [-0.1, -0.05) is 29.8 Å². The van der Waals surface area contributed by atoms with Gasteiger partial charge in [0.25, 0.3) is 0 Å². The molecule has 1 atom stereocenters. The van der Waals surface area contributed by atoms with Crippen LogP contribution in [0.2, 0.25) is 5.15 Å². The Bertz CT molecular complexity index is 688. The van der Waals surface area contributed by atoms with Crippen molar-refractivity contribution in [2.24, 2.45) is 5.92 Å². The zero-order valence-electron chi connectivity index (χ0n) is 11.6. The highest BCUT2D eigenvalue weighted by molar-refractivity contribution is 6.30. The quantitative estimate of drug-likeness (QED) is 0.867. The van der Waals surface area contributed by atoms with Gasteiger partial charge in [-0.3, -0.25) is 4.79 Å². The molecule has 1 unspecified atom stereocenters. The van der Waals surface area contributed by atoms with Crippen LogP contribution in [0.1, 0.15) is 11.1 Å². The van der Waals surface area contributed by atoms with E-state index in [0.29, 0.717) is 23.9 Å². The molecule has 1 amide bonds. The topological polar surface area (TPSA) is 51.2 Å². The number of halogens is 1. The maximum atomic E-state index is 12.3. The summed E-state index contributed by atoms with van der Waals surface area (Å²) >= 11 is 5.88. The molecular formula is C16H15ClN2O2. The van der Waals surface area contributed by atoms with E-state index in [9.17, 15) is 4.79 Å². The third-order valence-electron chi connectivity index (χ3n) is 3.53. The van der Waals surface area contributed by atoms with Crippen molar-refractivity contribution in [1.82, 2.24) is 4.98 Å². The minimum Gasteiger partial charge on any atom is -0.492 e. The van der Waals surface area contributed by atoms with Gasteiger partial charge >= 0.3 is 0 Å². The first-order valence-electron chi connectivity index (χ1n) is 6.77. The van der Waals surface area contributed by atoms with Crippen molar-refractivity contribution < 1.29 is 9.53 Å². The molecule has 2 aromatic rings. The Labute approximate surface area is 128 Å². The number of nitrogens with zero attached hydrogens (tertiary/aromatic N) is 1. The van der Waals surface area contributed by atoms with Crippen LogP contribution >= 0.6 is 11.6 Å². The van der Waals surface area contributed by atoms with E-state index < -0.39 is 0 Å². The molecule has 0 fully saturated rings. The highest BCUT2D eigenvalue weighted by atomic mass is 35.5. The van der Waals surface area contributed by atoms with Crippen LogP contribution in [-0.4, -0.2) is 17.5 Å². The lowest BCUT2D eigenvalue weighted by Crippen LogP contribution is -2.32. The van der Waals surface area contributed by atoms with Crippen molar-refractivity contribution in [2.75, 3.05) is 11.9 Å². The fraction of sp³-hybridized carbons (Fsp3) is 0.250. The molecule has 4 nitrogen and oxygen atoms in total. The number of amides is 1. The molecule has 3 rings (SSSR count). The van der Waals surface area contributed by atoms with Crippen molar-refractivity contribution in [3.8, 4) is 5.75 Å². The number of anilines is 1. The highest BCUT2D eigenvalue weighted by Crippen LogP contribution is 2.27. The lowest BCUT2D eigenvalue weighted by atomic mass is 9.96. The Morgan fingerprint density at radius 1 is 1.43 bits per heavy atom. The normalized spacial score (nSPS) is 16.8. The summed E-state index contributed by atoms with van der Waals surface area (Å²) in [5, 5.41) is 3.32. The standard InChI is InChI=1S/C16H15ClN2O2/c1-10-6-13(8-18-15(10)17)19-16(20)12-7-11-4-2-3-5-14(11)21-9-12/h2-6,8,12H,7,9H2,1H3,(H,19,20). The molecule has 5 heteroatoms. The first-order chi connectivity index (χ1) is 10.1. The Kier molecular flexibility index (Phi) is 3.80. The number of rotatable bonds is 2. The van der Waals surface area contributed by atoms with Gasteiger partial charge in [-0.25, -0.2) is 4.98 Å². The lowest BCUT2D eigenvalue weighted by molar-refractivity contribution is -0.121. The van der Waals surface area contributed by atoms with Crippen molar-refractivity contribution in [3.63, 3.8) is 0 Å². The summed E-state index contributed by atoms with van der Waals surface area (Å²) in [5.41, 5.74) is 2.55. The Morgan fingerprint density at radius 2 is 2.24 bits per heavy atom. The number of pyridine rings is 1. The largest absolute Gasteiger partial charge is 0.492 e. The van der Waals surface area contributed by atoms with E-state index in [1.807, 2.05) is 37.3 Å². The second-order valence-corrected chi connectivity index (χ2v) is 5.50. The zero-order valence-corrected chi connectivity index (χ0v) is 12.4. The van der Waals surface area contributed by atoms with E-state index in [1.165, 1.54) is 0 Å². The number of carbonyl (C=O) groups excluding carboxylic acids is 1. The summed E-state index contributed by atoms with van der Waals surface area (Å²) in [7, 11) is 0. The SMILES string of the molecule is Cc1cc(NC(=O)C2COc3ccccc3C2)cnc1Cl. The van der Waals surface area contributed by atoms with Crippen LogP contribution in [0.4, 0.5) is 5.69 Å². The summed E-state index contributed by atoms with van der Waals surface area (Å²) in [6, 6.07) is 9.61. The predicted octanol–water partition coefficient (Wildman–Crippen LogP) is 3.23. The van der Waals surface area contributed by atoms with E-state index in [-0.39, 0.29) is 11.8 Å². The number of fused-ring (bicyclic) bond motifs is 1. The van der Waals surface area contributed by atoms with Crippen LogP contribution in [0.15, 0.2) is 36.5 Å². The van der Waals surface area contributed by atoms with Crippen molar-refractivity contribution >= 4 is 23.2 Å². The summed E-state index contributed by atoms with van der Waals surface area (Å²) in [6.45, 7) is 2.24. The maximum absolute atomic E-state index is 12.3. The number of carbonyl (C=O) groups is 1. The van der Waals surface area contributed by atoms with Crippen molar-refractivity contribution in [3.05, 3.63) is 52.8 Å². The number of ether oxygens (including phenoxy) is 1. The lowest BCUT2D eigenvalue weighted by Gasteiger charge is -2.24. The zero-order chi connectivity index (χ0) is 14.8. The van der Waals surface area contributed by atoms with E-state index in [2.05, 4.69) is 10.3 Å². The fourth-order valence-electron chi connectivity index (χ4n) is 2.37. The molecule has 0 aliphatic carbocycles. The molecule has 0 bridgehead atoms. The van der Waals surface area contributed by atoms with Crippen molar-refractivity contribution in [1.29, 1.82) is 0 Å². The Hall–Kier alpha value is -2.07. The molecule has 0 spiro atoms. The molecule has 1 aliphatic rings. The second-order valence-electron chi connectivity index (χ2n) is 5.14. The number of aryl methyl sites for hydroxylation is 1. The van der Waals surface area contributed by atoms with Gasteiger partial charge in [-0.2, -0.15) is 0 Å². The fourth-order valence-corrected chi connectivity index (χ4v) is 2.47. The highest BCUT2D eigenvalue weighted by Gasteiger charge is 2.25. The second kappa shape index (κ2) is 5.74. The average Bonchev–Trinajstić information content (AvgIpc) is 2.50. The molecule has 0 radical (unpaired) electrons. The smallest absolute Gasteiger partial charge is 0.231 e. The number of hydrogen-bond donors (Lipinski definition) is 1. The minimum atomic E-state index is -0.198. The van der Waals surface area contributed by atoms with Gasteiger partial charge in [-0.05, 0) is 36.6 Å². The van der Waals surface area contributed by atoms with Gasteiger partial charge in [0.1, 0.15) is 17.5 Å². The van der Waals surface area contributed by atoms with Gasteiger partial charge in [0.2, 0.25) is 5.91 Å². The molecule has 0 saturated carbocycles. The average molecular weight is 303 g/mol. The van der Waals surface area contributed by atoms with E-state index >= 15 is 0 Å². The van der Waals surface area contributed by atoms with Crippen LogP contribution in [0, 0.1) is 12.8 Å². The number of benzene rings is 1. The van der Waals surface area contributed by atoms with Gasteiger partial charge in [0, 0.05) is 0 Å². The number of nitrogens with one attached hydrogen (secondary N) is 1. The minimum absolute atomic E-state index is 0.0620. The monoisotopic (exact) mass is 302 g/mol. The predicted molar refractivity (Wildman–Crippen MR) is 81.7 cm³/mol. The van der Waals surface area contributed by atoms with Gasteiger partial charge < -0.3 is 10.1 Å². The van der Waals surface area contributed by atoms with E-state index in [1.54, 1.807) is 6.20 Å². The van der Waals surface area contributed by atoms with Crippen LogP contribution in [0.3, 0.4) is 0 Å². The summed E-state index contributed by atoms with van der Waals surface area (Å²) in [4.78, 5) is 16.4. The Morgan fingerprint density at radius 3 is 3.05 bits per heavy atom. The van der Waals surface area contributed by atoms with E-state index in [4.69, 9.17) is 16.3 Å². The molecule has 1 aliphatic heterocycles. The third-order valence-corrected chi connectivity index (χ3v) is 3.93. The van der Waals surface area contributed by atoms with Crippen LogP contribution in [0.5, 0.6) is 5.75 Å². The van der Waals surface area contributed by atoms with Crippen LogP contribution in [0.25, 0.3) is 0 Å². The van der Waals surface area contributed by atoms with Crippen LogP contribution in [-0.2, 0) is 11.2 Å².